The molecular weight excluding hydrogens is 286 g/mol. The van der Waals surface area contributed by atoms with E-state index in [0.717, 1.165) is 28.8 Å². The van der Waals surface area contributed by atoms with Crippen molar-refractivity contribution in [1.29, 1.82) is 0 Å². The number of nitrogens with zero attached hydrogens (tertiary/aromatic N) is 3. The molecule has 0 fully saturated rings. The fraction of sp³-hybridized carbons (Fsp3) is 0.222. The largest absolute Gasteiger partial charge is 0.388 e. The monoisotopic (exact) mass is 305 g/mol. The van der Waals surface area contributed by atoms with E-state index in [1.165, 1.54) is 11.3 Å². The Balaban J connectivity index is 1.61. The van der Waals surface area contributed by atoms with Crippen molar-refractivity contribution < 1.29 is 0 Å². The van der Waals surface area contributed by atoms with Crippen molar-refractivity contribution in [3.05, 3.63) is 53.9 Å². The number of anilines is 2. The highest BCUT2D eigenvalue weighted by molar-refractivity contribution is 5.84. The Bertz CT molecular complexity index is 880. The van der Waals surface area contributed by atoms with Crippen LogP contribution in [-0.4, -0.2) is 29.9 Å². The Hall–Kier alpha value is -2.82. The zero-order chi connectivity index (χ0) is 15.8. The third kappa shape index (κ3) is 2.44. The molecule has 3 aromatic rings. The number of hydrogen-bond donors (Lipinski definition) is 2. The minimum atomic E-state index is 0.124. The van der Waals surface area contributed by atoms with Crippen LogP contribution in [0.2, 0.25) is 0 Å². The molecule has 5 nitrogen and oxygen atoms in total. The quantitative estimate of drug-likeness (QED) is 0.778. The van der Waals surface area contributed by atoms with Crippen LogP contribution < -0.4 is 10.2 Å². The number of fused-ring (bicyclic) bond motifs is 1. The molecule has 0 saturated carbocycles. The van der Waals surface area contributed by atoms with Gasteiger partial charge in [0.25, 0.3) is 0 Å². The number of aromatic nitrogens is 2. The Morgan fingerprint density at radius 2 is 2.17 bits per heavy atom. The number of H-pyrrole nitrogens is 1. The van der Waals surface area contributed by atoms with E-state index < -0.39 is 0 Å². The summed E-state index contributed by atoms with van der Waals surface area (Å²) in [7, 11) is 1.94. The summed E-state index contributed by atoms with van der Waals surface area (Å²) in [4.78, 5) is 14.5. The summed E-state index contributed by atoms with van der Waals surface area (Å²) in [5.74, 6) is 0. The van der Waals surface area contributed by atoms with Gasteiger partial charge in [0.1, 0.15) is 5.65 Å². The van der Waals surface area contributed by atoms with Crippen LogP contribution in [0.15, 0.2) is 47.7 Å². The van der Waals surface area contributed by atoms with Crippen molar-refractivity contribution >= 4 is 28.7 Å². The van der Waals surface area contributed by atoms with Gasteiger partial charge in [0.2, 0.25) is 0 Å². The van der Waals surface area contributed by atoms with Gasteiger partial charge in [-0.25, -0.2) is 4.98 Å². The van der Waals surface area contributed by atoms with Crippen LogP contribution in [0.4, 0.5) is 11.4 Å². The number of nitrogens with one attached hydrogen (secondary N) is 2. The van der Waals surface area contributed by atoms with E-state index in [9.17, 15) is 0 Å². The molecule has 1 aromatic carbocycles. The van der Waals surface area contributed by atoms with E-state index in [-0.39, 0.29) is 6.04 Å². The molecule has 0 aliphatic carbocycles. The molecule has 1 aliphatic heterocycles. The van der Waals surface area contributed by atoms with Gasteiger partial charge < -0.3 is 15.2 Å². The van der Waals surface area contributed by atoms with Crippen molar-refractivity contribution in [3.8, 4) is 0 Å². The Labute approximate surface area is 135 Å². The van der Waals surface area contributed by atoms with Crippen LogP contribution in [0, 0.1) is 6.92 Å². The van der Waals surface area contributed by atoms with Gasteiger partial charge in [-0.3, -0.25) is 4.99 Å². The molecular formula is C18H19N5. The molecule has 0 bridgehead atoms. The maximum Gasteiger partial charge on any atom is 0.137 e. The maximum atomic E-state index is 4.68. The van der Waals surface area contributed by atoms with Crippen LogP contribution in [0.3, 0.4) is 0 Å². The Morgan fingerprint density at radius 3 is 3.04 bits per heavy atom. The fourth-order valence-corrected chi connectivity index (χ4v) is 3.01. The molecule has 23 heavy (non-hydrogen) atoms. The zero-order valence-corrected chi connectivity index (χ0v) is 13.2. The number of rotatable bonds is 3. The highest BCUT2D eigenvalue weighted by Crippen LogP contribution is 2.30. The third-order valence-corrected chi connectivity index (χ3v) is 4.37. The standard InChI is InChI=1S/C18H19N5/c1-12-3-4-15(19-2)8-17(12)23-10-16(22-11-23)14-7-13-5-6-20-18(13)21-9-14/h3-9,11,16,19H,10H2,1-2H3,(H,20,21). The van der Waals surface area contributed by atoms with Crippen molar-refractivity contribution in [3.63, 3.8) is 0 Å². The lowest BCUT2D eigenvalue weighted by molar-refractivity contribution is 0.777. The van der Waals surface area contributed by atoms with Gasteiger partial charge in [0.15, 0.2) is 0 Å². The van der Waals surface area contributed by atoms with Crippen LogP contribution >= 0.6 is 0 Å². The van der Waals surface area contributed by atoms with Crippen LogP contribution in [0.25, 0.3) is 11.0 Å². The van der Waals surface area contributed by atoms with Gasteiger partial charge in [0.05, 0.1) is 18.9 Å². The van der Waals surface area contributed by atoms with E-state index in [4.69, 9.17) is 0 Å². The number of aromatic amines is 1. The molecule has 116 valence electrons. The van der Waals surface area contributed by atoms with E-state index in [1.807, 2.05) is 31.8 Å². The first-order valence-corrected chi connectivity index (χ1v) is 7.76. The lowest BCUT2D eigenvalue weighted by Crippen LogP contribution is -2.20. The summed E-state index contributed by atoms with van der Waals surface area (Å²) < 4.78 is 0. The molecule has 4 rings (SSSR count). The second-order valence-electron chi connectivity index (χ2n) is 5.87. The van der Waals surface area contributed by atoms with Crippen molar-refractivity contribution in [1.82, 2.24) is 9.97 Å². The van der Waals surface area contributed by atoms with Gasteiger partial charge in [-0.05, 0) is 42.3 Å². The summed E-state index contributed by atoms with van der Waals surface area (Å²) in [5.41, 5.74) is 5.62. The second-order valence-corrected chi connectivity index (χ2v) is 5.87. The first kappa shape index (κ1) is 13.8. The molecule has 3 heterocycles. The maximum absolute atomic E-state index is 4.68. The fourth-order valence-electron chi connectivity index (χ4n) is 3.01. The minimum Gasteiger partial charge on any atom is -0.388 e. The van der Waals surface area contributed by atoms with Crippen LogP contribution in [0.1, 0.15) is 17.2 Å². The summed E-state index contributed by atoms with van der Waals surface area (Å²) in [5, 5.41) is 4.32. The lowest BCUT2D eigenvalue weighted by atomic mass is 10.1. The molecule has 2 N–H and O–H groups in total. The topological polar surface area (TPSA) is 56.3 Å². The van der Waals surface area contributed by atoms with Crippen molar-refractivity contribution in [2.24, 2.45) is 4.99 Å². The summed E-state index contributed by atoms with van der Waals surface area (Å²) >= 11 is 0. The molecule has 0 saturated heterocycles. The van der Waals surface area contributed by atoms with Crippen LogP contribution in [-0.2, 0) is 0 Å². The molecule has 0 spiro atoms. The van der Waals surface area contributed by atoms with Gasteiger partial charge in [-0.1, -0.05) is 6.07 Å². The summed E-state index contributed by atoms with van der Waals surface area (Å²) in [6.45, 7) is 2.97. The molecule has 0 radical (unpaired) electrons. The number of aliphatic imine (C=N–C) groups is 1. The normalized spacial score (nSPS) is 17.1. The summed E-state index contributed by atoms with van der Waals surface area (Å²) in [6, 6.07) is 10.7. The third-order valence-electron chi connectivity index (χ3n) is 4.37. The average molecular weight is 305 g/mol. The van der Waals surface area contributed by atoms with E-state index in [0.29, 0.717) is 0 Å². The van der Waals surface area contributed by atoms with Gasteiger partial charge in [-0.2, -0.15) is 0 Å². The van der Waals surface area contributed by atoms with Crippen molar-refractivity contribution in [2.45, 2.75) is 13.0 Å². The Morgan fingerprint density at radius 1 is 1.26 bits per heavy atom. The highest BCUT2D eigenvalue weighted by atomic mass is 15.2. The van der Waals surface area contributed by atoms with Crippen LogP contribution in [0.5, 0.6) is 0 Å². The molecule has 2 aromatic heterocycles. The number of aryl methyl sites for hydroxylation is 1. The molecule has 0 amide bonds. The summed E-state index contributed by atoms with van der Waals surface area (Å²) in [6.07, 6.45) is 5.77. The predicted octanol–water partition coefficient (Wildman–Crippen LogP) is 3.50. The first-order chi connectivity index (χ1) is 11.2. The van der Waals surface area contributed by atoms with Gasteiger partial charge >= 0.3 is 0 Å². The van der Waals surface area contributed by atoms with Gasteiger partial charge in [-0.15, -0.1) is 0 Å². The first-order valence-electron chi connectivity index (χ1n) is 7.76. The Kier molecular flexibility index (Phi) is 3.26. The second kappa shape index (κ2) is 5.43. The molecule has 1 unspecified atom stereocenters. The van der Waals surface area contributed by atoms with Gasteiger partial charge in [0, 0.05) is 36.2 Å². The van der Waals surface area contributed by atoms with E-state index in [2.05, 4.69) is 56.4 Å². The molecule has 1 atom stereocenters. The number of benzene rings is 1. The van der Waals surface area contributed by atoms with E-state index in [1.54, 1.807) is 0 Å². The zero-order valence-electron chi connectivity index (χ0n) is 13.2. The smallest absolute Gasteiger partial charge is 0.137 e. The highest BCUT2D eigenvalue weighted by Gasteiger charge is 2.22. The average Bonchev–Trinajstić information content (AvgIpc) is 3.23. The van der Waals surface area contributed by atoms with Crippen molar-refractivity contribution in [2.75, 3.05) is 23.8 Å². The lowest BCUT2D eigenvalue weighted by Gasteiger charge is -2.19. The minimum absolute atomic E-state index is 0.124. The predicted molar refractivity (Wildman–Crippen MR) is 95.4 cm³/mol. The molecule has 5 heteroatoms. The van der Waals surface area contributed by atoms with E-state index >= 15 is 0 Å². The number of pyridine rings is 1. The molecule has 1 aliphatic rings. The number of hydrogen-bond acceptors (Lipinski definition) is 4. The SMILES string of the molecule is CNc1ccc(C)c(N2C=NC(c3cnc4[nH]ccc4c3)C2)c1.